The number of benzene rings is 2. The predicted octanol–water partition coefficient (Wildman–Crippen LogP) is 3.20. The lowest BCUT2D eigenvalue weighted by atomic mass is 10.1. The molecule has 0 saturated carbocycles. The number of nitrogens with one attached hydrogen (secondary N) is 2. The van der Waals surface area contributed by atoms with Crippen LogP contribution in [-0.2, 0) is 30.7 Å². The standard InChI is InChI=1S/C26H27N7O2/c34-25(17-20-9-3-1-4-10-20)28-24-15-14-22(29-31-24)13-7-8-16-33-19-23(30-32-33)26(35)27-18-21-11-5-2-6-12-21/h1-6,9-12,14-15,19H,7-8,13,16-18H2,(H,27,35)(H,28,31,34). The Kier molecular flexibility index (Phi) is 8.26. The van der Waals surface area contributed by atoms with Gasteiger partial charge in [-0.25, -0.2) is 0 Å². The molecule has 2 N–H and O–H groups in total. The van der Waals surface area contributed by atoms with Crippen molar-refractivity contribution in [3.8, 4) is 0 Å². The fraction of sp³-hybridized carbons (Fsp3) is 0.231. The Morgan fingerprint density at radius 2 is 1.54 bits per heavy atom. The molecule has 4 aromatic rings. The zero-order valence-corrected chi connectivity index (χ0v) is 19.3. The van der Waals surface area contributed by atoms with Gasteiger partial charge in [0.05, 0.1) is 18.3 Å². The topological polar surface area (TPSA) is 115 Å². The molecule has 2 amide bonds. The molecule has 4 rings (SSSR count). The summed E-state index contributed by atoms with van der Waals surface area (Å²) in [6, 6.07) is 22.9. The number of carbonyl (C=O) groups excluding carboxylic acids is 2. The molecule has 0 fully saturated rings. The summed E-state index contributed by atoms with van der Waals surface area (Å²) >= 11 is 0. The summed E-state index contributed by atoms with van der Waals surface area (Å²) in [5.74, 6) is 0.0703. The van der Waals surface area contributed by atoms with Gasteiger partial charge in [-0.3, -0.25) is 14.3 Å². The van der Waals surface area contributed by atoms with Crippen LogP contribution in [0.5, 0.6) is 0 Å². The van der Waals surface area contributed by atoms with Crippen LogP contribution in [0.25, 0.3) is 0 Å². The zero-order chi connectivity index (χ0) is 24.3. The third kappa shape index (κ3) is 7.56. The van der Waals surface area contributed by atoms with Crippen molar-refractivity contribution in [3.63, 3.8) is 0 Å². The lowest BCUT2D eigenvalue weighted by Crippen LogP contribution is -2.23. The first-order valence-corrected chi connectivity index (χ1v) is 11.5. The molecule has 9 nitrogen and oxygen atoms in total. The number of anilines is 1. The lowest BCUT2D eigenvalue weighted by Gasteiger charge is -2.05. The van der Waals surface area contributed by atoms with E-state index in [0.717, 1.165) is 36.1 Å². The summed E-state index contributed by atoms with van der Waals surface area (Å²) in [5, 5.41) is 21.9. The molecule has 0 radical (unpaired) electrons. The van der Waals surface area contributed by atoms with Gasteiger partial charge in [0.15, 0.2) is 11.5 Å². The molecular weight excluding hydrogens is 442 g/mol. The van der Waals surface area contributed by atoms with Gasteiger partial charge in [-0.05, 0) is 42.5 Å². The van der Waals surface area contributed by atoms with Gasteiger partial charge >= 0.3 is 0 Å². The predicted molar refractivity (Wildman–Crippen MR) is 131 cm³/mol. The van der Waals surface area contributed by atoms with Gasteiger partial charge in [-0.2, -0.15) is 5.10 Å². The number of hydrogen-bond donors (Lipinski definition) is 2. The van der Waals surface area contributed by atoms with Crippen molar-refractivity contribution >= 4 is 17.6 Å². The van der Waals surface area contributed by atoms with Crippen LogP contribution < -0.4 is 10.6 Å². The van der Waals surface area contributed by atoms with E-state index < -0.39 is 0 Å². The molecule has 0 aliphatic heterocycles. The van der Waals surface area contributed by atoms with E-state index in [0.29, 0.717) is 31.0 Å². The SMILES string of the molecule is O=C(Cc1ccccc1)Nc1ccc(CCCCn2cc(C(=O)NCc3ccccc3)nn2)nn1. The molecule has 0 spiro atoms. The summed E-state index contributed by atoms with van der Waals surface area (Å²) < 4.78 is 1.68. The Bertz CT molecular complexity index is 1230. The van der Waals surface area contributed by atoms with Crippen LogP contribution in [0, 0.1) is 0 Å². The summed E-state index contributed by atoms with van der Waals surface area (Å²) in [6.45, 7) is 1.10. The number of rotatable bonds is 11. The van der Waals surface area contributed by atoms with Gasteiger partial charge in [-0.15, -0.1) is 10.2 Å². The molecule has 2 aromatic carbocycles. The van der Waals surface area contributed by atoms with Crippen LogP contribution in [0.1, 0.15) is 40.2 Å². The van der Waals surface area contributed by atoms with E-state index in [-0.39, 0.29) is 11.8 Å². The van der Waals surface area contributed by atoms with Crippen molar-refractivity contribution in [2.75, 3.05) is 5.32 Å². The van der Waals surface area contributed by atoms with Gasteiger partial charge in [0.25, 0.3) is 5.91 Å². The maximum Gasteiger partial charge on any atom is 0.273 e. The molecule has 0 bridgehead atoms. The van der Waals surface area contributed by atoms with Crippen LogP contribution in [-0.4, -0.2) is 37.0 Å². The highest BCUT2D eigenvalue weighted by Crippen LogP contribution is 2.08. The highest BCUT2D eigenvalue weighted by atomic mass is 16.2. The molecule has 178 valence electrons. The van der Waals surface area contributed by atoms with Gasteiger partial charge < -0.3 is 10.6 Å². The van der Waals surface area contributed by atoms with Gasteiger partial charge in [0.2, 0.25) is 5.91 Å². The second-order valence-corrected chi connectivity index (χ2v) is 8.11. The van der Waals surface area contributed by atoms with Crippen LogP contribution in [0.4, 0.5) is 5.82 Å². The highest BCUT2D eigenvalue weighted by Gasteiger charge is 2.10. The molecule has 35 heavy (non-hydrogen) atoms. The first-order valence-electron chi connectivity index (χ1n) is 11.5. The van der Waals surface area contributed by atoms with Crippen LogP contribution >= 0.6 is 0 Å². The number of hydrogen-bond acceptors (Lipinski definition) is 6. The Morgan fingerprint density at radius 3 is 2.26 bits per heavy atom. The maximum absolute atomic E-state index is 12.3. The first-order chi connectivity index (χ1) is 17.2. The number of unbranched alkanes of at least 4 members (excludes halogenated alkanes) is 1. The molecule has 0 unspecified atom stereocenters. The van der Waals surface area contributed by atoms with Crippen molar-refractivity contribution in [1.82, 2.24) is 30.5 Å². The summed E-state index contributed by atoms with van der Waals surface area (Å²) in [6.07, 6.45) is 4.44. The van der Waals surface area contributed by atoms with E-state index >= 15 is 0 Å². The van der Waals surface area contributed by atoms with Crippen LogP contribution in [0.2, 0.25) is 0 Å². The smallest absolute Gasteiger partial charge is 0.273 e. The summed E-state index contributed by atoms with van der Waals surface area (Å²) in [7, 11) is 0. The summed E-state index contributed by atoms with van der Waals surface area (Å²) in [4.78, 5) is 24.4. The lowest BCUT2D eigenvalue weighted by molar-refractivity contribution is -0.115. The monoisotopic (exact) mass is 469 g/mol. The minimum absolute atomic E-state index is 0.126. The molecular formula is C26H27N7O2. The van der Waals surface area contributed by atoms with Gasteiger partial charge in [-0.1, -0.05) is 65.9 Å². The Hall–Kier alpha value is -4.40. The fourth-order valence-electron chi connectivity index (χ4n) is 3.49. The van der Waals surface area contributed by atoms with Gasteiger partial charge in [0, 0.05) is 13.1 Å². The molecule has 0 aliphatic carbocycles. The number of carbonyl (C=O) groups is 2. The van der Waals surface area contributed by atoms with E-state index in [1.807, 2.05) is 66.7 Å². The zero-order valence-electron chi connectivity index (χ0n) is 19.3. The van der Waals surface area contributed by atoms with Crippen molar-refractivity contribution in [1.29, 1.82) is 0 Å². The molecule has 0 saturated heterocycles. The molecule has 2 aromatic heterocycles. The fourth-order valence-corrected chi connectivity index (χ4v) is 3.49. The number of aryl methyl sites for hydroxylation is 2. The summed E-state index contributed by atoms with van der Waals surface area (Å²) in [5.41, 5.74) is 3.13. The van der Waals surface area contributed by atoms with E-state index in [2.05, 4.69) is 31.1 Å². The second-order valence-electron chi connectivity index (χ2n) is 8.11. The highest BCUT2D eigenvalue weighted by molar-refractivity contribution is 5.92. The largest absolute Gasteiger partial charge is 0.347 e. The number of aromatic nitrogens is 5. The average molecular weight is 470 g/mol. The Morgan fingerprint density at radius 1 is 0.800 bits per heavy atom. The van der Waals surface area contributed by atoms with E-state index in [1.165, 1.54) is 0 Å². The second kappa shape index (κ2) is 12.2. The van der Waals surface area contributed by atoms with Crippen molar-refractivity contribution in [2.45, 2.75) is 38.8 Å². The molecule has 0 aliphatic rings. The maximum atomic E-state index is 12.3. The van der Waals surface area contributed by atoms with Crippen LogP contribution in [0.15, 0.2) is 79.0 Å². The Labute approximate surface area is 203 Å². The minimum atomic E-state index is -0.244. The van der Waals surface area contributed by atoms with Gasteiger partial charge in [0.1, 0.15) is 0 Å². The van der Waals surface area contributed by atoms with Crippen LogP contribution in [0.3, 0.4) is 0 Å². The third-order valence-corrected chi connectivity index (χ3v) is 5.33. The van der Waals surface area contributed by atoms with Crippen molar-refractivity contribution in [3.05, 3.63) is 102 Å². The van der Waals surface area contributed by atoms with Crippen molar-refractivity contribution < 1.29 is 9.59 Å². The Balaban J connectivity index is 1.15. The number of amides is 2. The quantitative estimate of drug-likeness (QED) is 0.326. The number of nitrogens with zero attached hydrogens (tertiary/aromatic N) is 5. The first kappa shape index (κ1) is 23.7. The molecule has 9 heteroatoms. The van der Waals surface area contributed by atoms with E-state index in [1.54, 1.807) is 16.9 Å². The normalized spacial score (nSPS) is 10.6. The molecule has 0 atom stereocenters. The van der Waals surface area contributed by atoms with Crippen molar-refractivity contribution in [2.24, 2.45) is 0 Å². The van der Waals surface area contributed by atoms with E-state index in [9.17, 15) is 9.59 Å². The van der Waals surface area contributed by atoms with E-state index in [4.69, 9.17) is 0 Å². The molecule has 2 heterocycles. The third-order valence-electron chi connectivity index (χ3n) is 5.33. The average Bonchev–Trinajstić information content (AvgIpc) is 3.36. The minimum Gasteiger partial charge on any atom is -0.347 e.